The normalized spacial score (nSPS) is 13.4. The first-order valence-corrected chi connectivity index (χ1v) is 10.0. The minimum absolute atomic E-state index is 0.0647. The van der Waals surface area contributed by atoms with Gasteiger partial charge in [-0.15, -0.1) is 0 Å². The Morgan fingerprint density at radius 1 is 1.15 bits per heavy atom. The number of piperazine rings is 1. The van der Waals surface area contributed by atoms with Gasteiger partial charge in [-0.25, -0.2) is 4.98 Å². The van der Waals surface area contributed by atoms with Crippen LogP contribution in [0, 0.1) is 0 Å². The van der Waals surface area contributed by atoms with E-state index in [1.165, 1.54) is 0 Å². The summed E-state index contributed by atoms with van der Waals surface area (Å²) in [5, 5.41) is 14.1. The first-order valence-electron chi connectivity index (χ1n) is 9.22. The molecule has 0 bridgehead atoms. The van der Waals surface area contributed by atoms with Gasteiger partial charge in [-0.2, -0.15) is 0 Å². The molecule has 26 heavy (non-hydrogen) atoms. The van der Waals surface area contributed by atoms with Crippen LogP contribution < -0.4 is 16.2 Å². The van der Waals surface area contributed by atoms with E-state index in [4.69, 9.17) is 5.11 Å². The first-order chi connectivity index (χ1) is 12.7. The topological polar surface area (TPSA) is 79.2 Å². The first kappa shape index (κ1) is 22.8. The molecule has 0 atom stereocenters. The molecule has 7 heteroatoms. The molecule has 1 fully saturated rings. The number of aryl methyl sites for hydroxylation is 1. The van der Waals surface area contributed by atoms with E-state index in [-0.39, 0.29) is 5.56 Å². The van der Waals surface area contributed by atoms with E-state index in [0.717, 1.165) is 68.4 Å². The summed E-state index contributed by atoms with van der Waals surface area (Å²) in [7, 11) is 1.00. The van der Waals surface area contributed by atoms with Crippen molar-refractivity contribution in [2.45, 2.75) is 39.7 Å². The zero-order valence-corrected chi connectivity index (χ0v) is 17.6. The molecular weight excluding hydrogens is 396 g/mol. The minimum atomic E-state index is 0.0647. The molecule has 2 aromatic rings. The van der Waals surface area contributed by atoms with Crippen LogP contribution in [0.3, 0.4) is 0 Å². The fraction of sp³-hybridized carbons (Fsp3) is 0.579. The number of benzene rings is 1. The highest BCUT2D eigenvalue weighted by atomic mass is 79.9. The van der Waals surface area contributed by atoms with Crippen LogP contribution in [0.4, 0.5) is 0 Å². The lowest BCUT2D eigenvalue weighted by molar-refractivity contribution is 0.399. The third kappa shape index (κ3) is 6.79. The molecule has 3 N–H and O–H groups in total. The second-order valence-corrected chi connectivity index (χ2v) is 6.76. The number of hydrogen-bond acceptors (Lipinski definition) is 5. The standard InChI is InChI=1S/C14H17BrN2O.C4H10N2.CH4O/c1-3-5-6-13-16-12-8-7-10(15)9-11(12)14(18)17(13)4-2;1-2-6-4-3-5-1;1-2/h7-9H,3-6H2,1-2H3;5-6H,1-4H2;2H,1H3. The van der Waals surface area contributed by atoms with Crippen molar-refractivity contribution in [2.75, 3.05) is 33.3 Å². The van der Waals surface area contributed by atoms with Crippen LogP contribution in [0.2, 0.25) is 0 Å². The second kappa shape index (κ2) is 13.0. The van der Waals surface area contributed by atoms with Crippen LogP contribution in [0.15, 0.2) is 27.5 Å². The van der Waals surface area contributed by atoms with E-state index < -0.39 is 0 Å². The van der Waals surface area contributed by atoms with Gasteiger partial charge in [0.25, 0.3) is 5.56 Å². The van der Waals surface area contributed by atoms with Gasteiger partial charge in [0, 0.05) is 50.7 Å². The Labute approximate surface area is 164 Å². The minimum Gasteiger partial charge on any atom is -0.400 e. The Morgan fingerprint density at radius 3 is 2.27 bits per heavy atom. The molecule has 3 rings (SSSR count). The van der Waals surface area contributed by atoms with Gasteiger partial charge in [0.15, 0.2) is 0 Å². The van der Waals surface area contributed by atoms with Gasteiger partial charge < -0.3 is 15.7 Å². The molecule has 0 spiro atoms. The second-order valence-electron chi connectivity index (χ2n) is 5.84. The maximum atomic E-state index is 12.4. The molecule has 0 radical (unpaired) electrons. The lowest BCUT2D eigenvalue weighted by Crippen LogP contribution is -2.39. The van der Waals surface area contributed by atoms with E-state index in [0.29, 0.717) is 11.9 Å². The number of fused-ring (bicyclic) bond motifs is 1. The van der Waals surface area contributed by atoms with Crippen molar-refractivity contribution in [3.05, 3.63) is 38.9 Å². The lowest BCUT2D eigenvalue weighted by atomic mass is 10.2. The average Bonchev–Trinajstić information content (AvgIpc) is 2.70. The Kier molecular flexibility index (Phi) is 11.4. The van der Waals surface area contributed by atoms with Crippen LogP contribution in [0.1, 0.15) is 32.5 Å². The van der Waals surface area contributed by atoms with E-state index in [9.17, 15) is 4.79 Å². The zero-order chi connectivity index (χ0) is 19.4. The van der Waals surface area contributed by atoms with Crippen molar-refractivity contribution in [2.24, 2.45) is 0 Å². The highest BCUT2D eigenvalue weighted by Gasteiger charge is 2.09. The van der Waals surface area contributed by atoms with E-state index >= 15 is 0 Å². The number of aromatic nitrogens is 2. The largest absolute Gasteiger partial charge is 0.400 e. The highest BCUT2D eigenvalue weighted by molar-refractivity contribution is 9.10. The van der Waals surface area contributed by atoms with Gasteiger partial charge in [-0.3, -0.25) is 9.36 Å². The predicted octanol–water partition coefficient (Wildman–Crippen LogP) is 2.31. The van der Waals surface area contributed by atoms with E-state index in [1.54, 1.807) is 4.57 Å². The van der Waals surface area contributed by atoms with E-state index in [2.05, 4.69) is 38.5 Å². The number of hydrogen-bond donors (Lipinski definition) is 3. The molecule has 1 aliphatic heterocycles. The van der Waals surface area contributed by atoms with Gasteiger partial charge in [0.05, 0.1) is 10.9 Å². The van der Waals surface area contributed by atoms with Crippen molar-refractivity contribution in [3.8, 4) is 0 Å². The molecule has 6 nitrogen and oxygen atoms in total. The summed E-state index contributed by atoms with van der Waals surface area (Å²) in [6.45, 7) is 9.36. The fourth-order valence-electron chi connectivity index (χ4n) is 2.69. The van der Waals surface area contributed by atoms with Gasteiger partial charge >= 0.3 is 0 Å². The molecule has 1 saturated heterocycles. The third-order valence-corrected chi connectivity index (χ3v) is 4.52. The van der Waals surface area contributed by atoms with Gasteiger partial charge in [-0.05, 0) is 31.5 Å². The predicted molar refractivity (Wildman–Crippen MR) is 112 cm³/mol. The fourth-order valence-corrected chi connectivity index (χ4v) is 3.06. The zero-order valence-electron chi connectivity index (χ0n) is 16.0. The molecule has 1 aromatic carbocycles. The van der Waals surface area contributed by atoms with Crippen LogP contribution >= 0.6 is 15.9 Å². The molecule has 2 heterocycles. The lowest BCUT2D eigenvalue weighted by Gasteiger charge is -2.11. The Bertz CT molecular complexity index is 703. The van der Waals surface area contributed by atoms with Crippen LogP contribution in [-0.4, -0.2) is 47.9 Å². The molecule has 0 unspecified atom stereocenters. The molecule has 1 aliphatic rings. The molecule has 0 aliphatic carbocycles. The number of halogens is 1. The van der Waals surface area contributed by atoms with Crippen molar-refractivity contribution in [3.63, 3.8) is 0 Å². The van der Waals surface area contributed by atoms with Crippen LogP contribution in [-0.2, 0) is 13.0 Å². The SMILES string of the molecule is C1CNCCN1.CCCCc1nc2ccc(Br)cc2c(=O)n1CC.CO. The summed E-state index contributed by atoms with van der Waals surface area (Å²) in [5.74, 6) is 0.902. The smallest absolute Gasteiger partial charge is 0.261 e. The Balaban J connectivity index is 0.000000353. The van der Waals surface area contributed by atoms with Gasteiger partial charge in [-0.1, -0.05) is 29.3 Å². The summed E-state index contributed by atoms with van der Waals surface area (Å²) in [6, 6.07) is 5.67. The number of unbranched alkanes of at least 4 members (excludes halogenated alkanes) is 1. The van der Waals surface area contributed by atoms with Crippen molar-refractivity contribution in [1.29, 1.82) is 0 Å². The maximum absolute atomic E-state index is 12.4. The van der Waals surface area contributed by atoms with E-state index in [1.807, 2.05) is 25.1 Å². The van der Waals surface area contributed by atoms with Gasteiger partial charge in [0.2, 0.25) is 0 Å². The number of nitrogens with zero attached hydrogens (tertiary/aromatic N) is 2. The molecule has 146 valence electrons. The maximum Gasteiger partial charge on any atom is 0.261 e. The van der Waals surface area contributed by atoms with Crippen molar-refractivity contribution in [1.82, 2.24) is 20.2 Å². The number of rotatable bonds is 4. The molecule has 1 aromatic heterocycles. The number of nitrogens with one attached hydrogen (secondary N) is 2. The summed E-state index contributed by atoms with van der Waals surface area (Å²) >= 11 is 3.40. The molecule has 0 saturated carbocycles. The van der Waals surface area contributed by atoms with Crippen LogP contribution in [0.5, 0.6) is 0 Å². The number of aliphatic hydroxyl groups is 1. The molecular formula is C19H31BrN4O2. The molecule has 0 amide bonds. The Hall–Kier alpha value is -1.28. The average molecular weight is 427 g/mol. The van der Waals surface area contributed by atoms with Crippen molar-refractivity contribution < 1.29 is 5.11 Å². The van der Waals surface area contributed by atoms with Gasteiger partial charge in [0.1, 0.15) is 5.82 Å². The summed E-state index contributed by atoms with van der Waals surface area (Å²) in [5.41, 5.74) is 0.855. The summed E-state index contributed by atoms with van der Waals surface area (Å²) < 4.78 is 2.70. The summed E-state index contributed by atoms with van der Waals surface area (Å²) in [4.78, 5) is 17.0. The summed E-state index contributed by atoms with van der Waals surface area (Å²) in [6.07, 6.45) is 3.04. The van der Waals surface area contributed by atoms with Crippen LogP contribution in [0.25, 0.3) is 10.9 Å². The quantitative estimate of drug-likeness (QED) is 0.698. The third-order valence-electron chi connectivity index (χ3n) is 4.02. The monoisotopic (exact) mass is 426 g/mol. The Morgan fingerprint density at radius 2 is 1.77 bits per heavy atom. The van der Waals surface area contributed by atoms with Crippen molar-refractivity contribution >= 4 is 26.8 Å². The highest BCUT2D eigenvalue weighted by Crippen LogP contribution is 2.16. The number of aliphatic hydroxyl groups excluding tert-OH is 1.